The number of nitrogens with zero attached hydrogens (tertiary/aromatic N) is 2. The number of piperidine rings is 1. The summed E-state index contributed by atoms with van der Waals surface area (Å²) in [5.41, 5.74) is 2.12. The summed E-state index contributed by atoms with van der Waals surface area (Å²) in [6.45, 7) is 4.03. The Bertz CT molecular complexity index is 391. The molecule has 1 aromatic heterocycles. The summed E-state index contributed by atoms with van der Waals surface area (Å²) in [6, 6.07) is 2.05. The first-order valence-corrected chi connectivity index (χ1v) is 6.46. The van der Waals surface area contributed by atoms with E-state index in [1.54, 1.807) is 0 Å². The molecule has 0 unspecified atom stereocenters. The van der Waals surface area contributed by atoms with Gasteiger partial charge in [0.15, 0.2) is 0 Å². The van der Waals surface area contributed by atoms with Gasteiger partial charge in [0.2, 0.25) is 0 Å². The van der Waals surface area contributed by atoms with Gasteiger partial charge in [-0.1, -0.05) is 6.92 Å². The lowest BCUT2D eigenvalue weighted by atomic mass is 9.91. The van der Waals surface area contributed by atoms with Crippen molar-refractivity contribution in [2.45, 2.75) is 32.6 Å². The van der Waals surface area contributed by atoms with Crippen LogP contribution in [-0.4, -0.2) is 28.7 Å². The molecule has 0 amide bonds. The van der Waals surface area contributed by atoms with Crippen molar-refractivity contribution in [1.29, 1.82) is 0 Å². The van der Waals surface area contributed by atoms with E-state index in [2.05, 4.69) is 23.4 Å². The Kier molecular flexibility index (Phi) is 3.94. The van der Waals surface area contributed by atoms with Crippen LogP contribution in [0, 0.1) is 5.92 Å². The maximum absolute atomic E-state index is 12.1. The zero-order chi connectivity index (χ0) is 12.3. The van der Waals surface area contributed by atoms with Crippen molar-refractivity contribution in [1.82, 2.24) is 15.1 Å². The van der Waals surface area contributed by atoms with Crippen LogP contribution in [0.1, 0.15) is 31.2 Å². The first-order chi connectivity index (χ1) is 8.20. The molecule has 0 bridgehead atoms. The van der Waals surface area contributed by atoms with E-state index >= 15 is 0 Å². The van der Waals surface area contributed by atoms with Crippen LogP contribution in [-0.2, 0) is 24.7 Å². The molecular weight excluding hydrogens is 214 g/mol. The minimum Gasteiger partial charge on any atom is -0.317 e. The Balaban J connectivity index is 1.99. The number of ketones is 1. The molecule has 1 aliphatic heterocycles. The standard InChI is InChI=1S/C13H21N3O/c1-3-11-8-12(16(2)15-11)9-13(17)10-4-6-14-7-5-10/h8,10,14H,3-7,9H2,1-2H3. The van der Waals surface area contributed by atoms with E-state index in [4.69, 9.17) is 0 Å². The molecule has 1 N–H and O–H groups in total. The van der Waals surface area contributed by atoms with E-state index in [0.29, 0.717) is 12.2 Å². The number of carbonyl (C=O) groups excluding carboxylic acids is 1. The SMILES string of the molecule is CCc1cc(CC(=O)C2CCNCC2)n(C)n1. The van der Waals surface area contributed by atoms with Crippen molar-refractivity contribution >= 4 is 5.78 Å². The largest absolute Gasteiger partial charge is 0.317 e. The van der Waals surface area contributed by atoms with Gasteiger partial charge < -0.3 is 5.32 Å². The molecule has 4 heteroatoms. The summed E-state index contributed by atoms with van der Waals surface area (Å²) in [6.07, 6.45) is 3.43. The first kappa shape index (κ1) is 12.3. The molecule has 94 valence electrons. The fraction of sp³-hybridized carbons (Fsp3) is 0.692. The van der Waals surface area contributed by atoms with Crippen LogP contribution >= 0.6 is 0 Å². The maximum atomic E-state index is 12.1. The summed E-state index contributed by atoms with van der Waals surface area (Å²) in [5.74, 6) is 0.619. The van der Waals surface area contributed by atoms with Gasteiger partial charge in [-0.2, -0.15) is 5.10 Å². The summed E-state index contributed by atoms with van der Waals surface area (Å²) in [4.78, 5) is 12.1. The fourth-order valence-electron chi connectivity index (χ4n) is 2.38. The number of hydrogen-bond acceptors (Lipinski definition) is 3. The van der Waals surface area contributed by atoms with Gasteiger partial charge in [0.1, 0.15) is 5.78 Å². The zero-order valence-corrected chi connectivity index (χ0v) is 10.7. The fourth-order valence-corrected chi connectivity index (χ4v) is 2.38. The van der Waals surface area contributed by atoms with Crippen molar-refractivity contribution in [3.05, 3.63) is 17.5 Å². The number of aromatic nitrogens is 2. The average molecular weight is 235 g/mol. The van der Waals surface area contributed by atoms with Crippen molar-refractivity contribution in [3.8, 4) is 0 Å². The summed E-state index contributed by atoms with van der Waals surface area (Å²) in [7, 11) is 1.92. The van der Waals surface area contributed by atoms with Gasteiger partial charge in [-0.25, -0.2) is 0 Å². The Morgan fingerprint density at radius 1 is 1.53 bits per heavy atom. The summed E-state index contributed by atoms with van der Waals surface area (Å²) < 4.78 is 1.85. The molecule has 0 saturated carbocycles. The van der Waals surface area contributed by atoms with Crippen LogP contribution in [0.25, 0.3) is 0 Å². The van der Waals surface area contributed by atoms with E-state index in [9.17, 15) is 4.79 Å². The van der Waals surface area contributed by atoms with Crippen molar-refractivity contribution < 1.29 is 4.79 Å². The molecule has 17 heavy (non-hydrogen) atoms. The Labute approximate surface area is 102 Å². The highest BCUT2D eigenvalue weighted by Gasteiger charge is 2.21. The summed E-state index contributed by atoms with van der Waals surface area (Å²) >= 11 is 0. The molecular formula is C13H21N3O. The average Bonchev–Trinajstić information content (AvgIpc) is 2.71. The summed E-state index contributed by atoms with van der Waals surface area (Å²) in [5, 5.41) is 7.67. The van der Waals surface area contributed by atoms with E-state index in [-0.39, 0.29) is 5.92 Å². The Hall–Kier alpha value is -1.16. The lowest BCUT2D eigenvalue weighted by Crippen LogP contribution is -2.32. The first-order valence-electron chi connectivity index (χ1n) is 6.46. The molecule has 0 atom stereocenters. The zero-order valence-electron chi connectivity index (χ0n) is 10.7. The van der Waals surface area contributed by atoms with Crippen LogP contribution in [0.5, 0.6) is 0 Å². The third-order valence-electron chi connectivity index (χ3n) is 3.54. The van der Waals surface area contributed by atoms with E-state index < -0.39 is 0 Å². The van der Waals surface area contributed by atoms with Crippen LogP contribution in [0.15, 0.2) is 6.07 Å². The van der Waals surface area contributed by atoms with Gasteiger partial charge in [0.25, 0.3) is 0 Å². The van der Waals surface area contributed by atoms with E-state index in [0.717, 1.165) is 43.7 Å². The molecule has 1 saturated heterocycles. The van der Waals surface area contributed by atoms with Gasteiger partial charge in [-0.15, -0.1) is 0 Å². The molecule has 2 rings (SSSR count). The van der Waals surface area contributed by atoms with E-state index in [1.165, 1.54) is 0 Å². The highest BCUT2D eigenvalue weighted by molar-refractivity contribution is 5.83. The van der Waals surface area contributed by atoms with Gasteiger partial charge in [0, 0.05) is 25.1 Å². The predicted octanol–water partition coefficient (Wildman–Crippen LogP) is 1.09. The third-order valence-corrected chi connectivity index (χ3v) is 3.54. The Morgan fingerprint density at radius 2 is 2.24 bits per heavy atom. The highest BCUT2D eigenvalue weighted by Crippen LogP contribution is 2.16. The molecule has 4 nitrogen and oxygen atoms in total. The maximum Gasteiger partial charge on any atom is 0.141 e. The number of rotatable bonds is 4. The van der Waals surface area contributed by atoms with Crippen molar-refractivity contribution in [2.24, 2.45) is 13.0 Å². The quantitative estimate of drug-likeness (QED) is 0.850. The number of nitrogens with one attached hydrogen (secondary N) is 1. The lowest BCUT2D eigenvalue weighted by Gasteiger charge is -2.21. The molecule has 2 heterocycles. The Morgan fingerprint density at radius 3 is 2.82 bits per heavy atom. The molecule has 0 aromatic carbocycles. The molecule has 0 aliphatic carbocycles. The smallest absolute Gasteiger partial charge is 0.141 e. The third kappa shape index (κ3) is 2.94. The minimum absolute atomic E-state index is 0.247. The normalized spacial score (nSPS) is 17.3. The number of Topliss-reactive ketones (excluding diaryl/α,β-unsaturated/α-hetero) is 1. The van der Waals surface area contributed by atoms with Crippen LogP contribution in [0.4, 0.5) is 0 Å². The second-order valence-electron chi connectivity index (χ2n) is 4.77. The molecule has 0 spiro atoms. The number of hydrogen-bond donors (Lipinski definition) is 1. The lowest BCUT2D eigenvalue weighted by molar-refractivity contribution is -0.123. The van der Waals surface area contributed by atoms with Gasteiger partial charge in [0.05, 0.1) is 5.69 Å². The van der Waals surface area contributed by atoms with Crippen LogP contribution < -0.4 is 5.32 Å². The van der Waals surface area contributed by atoms with Gasteiger partial charge >= 0.3 is 0 Å². The minimum atomic E-state index is 0.247. The second-order valence-corrected chi connectivity index (χ2v) is 4.77. The van der Waals surface area contributed by atoms with Gasteiger partial charge in [-0.05, 0) is 38.4 Å². The topological polar surface area (TPSA) is 46.9 Å². The predicted molar refractivity (Wildman–Crippen MR) is 66.9 cm³/mol. The van der Waals surface area contributed by atoms with E-state index in [1.807, 2.05) is 11.7 Å². The molecule has 0 radical (unpaired) electrons. The monoisotopic (exact) mass is 235 g/mol. The highest BCUT2D eigenvalue weighted by atomic mass is 16.1. The van der Waals surface area contributed by atoms with Crippen LogP contribution in [0.3, 0.4) is 0 Å². The number of carbonyl (C=O) groups is 1. The molecule has 1 aromatic rings. The molecule has 1 aliphatic rings. The van der Waals surface area contributed by atoms with Crippen molar-refractivity contribution in [2.75, 3.05) is 13.1 Å². The molecule has 1 fully saturated rings. The van der Waals surface area contributed by atoms with Crippen molar-refractivity contribution in [3.63, 3.8) is 0 Å². The van der Waals surface area contributed by atoms with Crippen LogP contribution in [0.2, 0.25) is 0 Å². The second kappa shape index (κ2) is 5.45. The number of aryl methyl sites for hydroxylation is 2. The van der Waals surface area contributed by atoms with Gasteiger partial charge in [-0.3, -0.25) is 9.48 Å².